The van der Waals surface area contributed by atoms with Gasteiger partial charge in [0.25, 0.3) is 0 Å². The van der Waals surface area contributed by atoms with Crippen molar-refractivity contribution < 1.29 is 13.6 Å². The molecule has 0 aliphatic heterocycles. The van der Waals surface area contributed by atoms with Crippen LogP contribution in [0, 0.1) is 11.6 Å². The molecule has 0 fully saturated rings. The van der Waals surface area contributed by atoms with Crippen molar-refractivity contribution in [2.45, 2.75) is 25.0 Å². The van der Waals surface area contributed by atoms with Gasteiger partial charge >= 0.3 is 0 Å². The first kappa shape index (κ1) is 19.0. The summed E-state index contributed by atoms with van der Waals surface area (Å²) in [4.78, 5) is 12.1. The van der Waals surface area contributed by atoms with Crippen LogP contribution < -0.4 is 5.32 Å². The first-order valence-electron chi connectivity index (χ1n) is 8.41. The van der Waals surface area contributed by atoms with Crippen LogP contribution in [0.1, 0.15) is 18.3 Å². The van der Waals surface area contributed by atoms with Gasteiger partial charge in [0.2, 0.25) is 5.91 Å². The first-order valence-corrected chi connectivity index (χ1v) is 9.39. The van der Waals surface area contributed by atoms with E-state index in [1.165, 1.54) is 17.8 Å². The minimum atomic E-state index is -0.810. The summed E-state index contributed by atoms with van der Waals surface area (Å²) in [6.45, 7) is 2.62. The molecule has 0 spiro atoms. The molecule has 0 saturated carbocycles. The lowest BCUT2D eigenvalue weighted by Gasteiger charge is -2.09. The number of rotatable bonds is 7. The number of thioether (sulfide) groups is 1. The maximum atomic E-state index is 13.6. The van der Waals surface area contributed by atoms with Gasteiger partial charge in [0.1, 0.15) is 23.1 Å². The molecule has 0 bridgehead atoms. The zero-order valence-corrected chi connectivity index (χ0v) is 15.5. The van der Waals surface area contributed by atoms with Crippen molar-refractivity contribution in [3.63, 3.8) is 0 Å². The van der Waals surface area contributed by atoms with Crippen LogP contribution in [-0.2, 0) is 17.8 Å². The Morgan fingerprint density at radius 3 is 2.44 bits per heavy atom. The number of carbonyl (C=O) groups is 1. The molecule has 1 amide bonds. The number of carbonyl (C=O) groups excluding carboxylic acids is 1. The minimum absolute atomic E-state index is 0.0305. The van der Waals surface area contributed by atoms with Crippen LogP contribution in [-0.4, -0.2) is 26.4 Å². The predicted octanol–water partition coefficient (Wildman–Crippen LogP) is 3.90. The average Bonchev–Trinajstić information content (AvgIpc) is 3.05. The maximum absolute atomic E-state index is 13.6. The highest BCUT2D eigenvalue weighted by Gasteiger charge is 2.16. The van der Waals surface area contributed by atoms with E-state index in [9.17, 15) is 13.6 Å². The Kier molecular flexibility index (Phi) is 6.18. The average molecular weight is 388 g/mol. The molecule has 1 N–H and O–H groups in total. The van der Waals surface area contributed by atoms with Crippen molar-refractivity contribution in [2.24, 2.45) is 0 Å². The Morgan fingerprint density at radius 1 is 1.07 bits per heavy atom. The second-order valence-corrected chi connectivity index (χ2v) is 6.68. The van der Waals surface area contributed by atoms with Gasteiger partial charge in [0.05, 0.1) is 5.75 Å². The molecule has 0 saturated heterocycles. The molecule has 140 valence electrons. The molecule has 8 heteroatoms. The molecular weight excluding hydrogens is 370 g/mol. The number of benzene rings is 2. The largest absolute Gasteiger partial charge is 0.320 e. The zero-order chi connectivity index (χ0) is 19.2. The van der Waals surface area contributed by atoms with Crippen LogP contribution in [0.25, 0.3) is 0 Å². The van der Waals surface area contributed by atoms with E-state index < -0.39 is 23.2 Å². The van der Waals surface area contributed by atoms with Crippen molar-refractivity contribution in [3.8, 4) is 0 Å². The van der Waals surface area contributed by atoms with E-state index in [4.69, 9.17) is 0 Å². The van der Waals surface area contributed by atoms with E-state index >= 15 is 0 Å². The van der Waals surface area contributed by atoms with E-state index in [1.807, 2.05) is 41.8 Å². The monoisotopic (exact) mass is 388 g/mol. The van der Waals surface area contributed by atoms with Gasteiger partial charge in [0, 0.05) is 13.0 Å². The zero-order valence-electron chi connectivity index (χ0n) is 14.7. The summed E-state index contributed by atoms with van der Waals surface area (Å²) in [7, 11) is 0. The van der Waals surface area contributed by atoms with E-state index in [0.29, 0.717) is 18.1 Å². The highest BCUT2D eigenvalue weighted by atomic mass is 32.2. The highest BCUT2D eigenvalue weighted by molar-refractivity contribution is 7.99. The van der Waals surface area contributed by atoms with Gasteiger partial charge in [-0.25, -0.2) is 8.78 Å². The summed E-state index contributed by atoms with van der Waals surface area (Å²) in [5, 5.41) is 11.2. The normalized spacial score (nSPS) is 10.8. The molecule has 5 nitrogen and oxygen atoms in total. The van der Waals surface area contributed by atoms with Crippen molar-refractivity contribution in [1.29, 1.82) is 0 Å². The fourth-order valence-corrected chi connectivity index (χ4v) is 3.40. The van der Waals surface area contributed by atoms with Gasteiger partial charge in [-0.2, -0.15) is 0 Å². The Bertz CT molecular complexity index is 910. The lowest BCUT2D eigenvalue weighted by Crippen LogP contribution is -2.16. The standard InChI is InChI=1S/C19H18F2N4OS/c1-2-25-16(11-13-7-4-3-5-8-13)23-24-19(25)27-12-17(26)22-18-14(20)9-6-10-15(18)21/h3-10H,2,11-12H2,1H3,(H,22,26). The maximum Gasteiger partial charge on any atom is 0.235 e. The van der Waals surface area contributed by atoms with Crippen LogP contribution in [0.4, 0.5) is 14.5 Å². The molecular formula is C19H18F2N4OS. The third-order valence-corrected chi connectivity index (χ3v) is 4.84. The van der Waals surface area contributed by atoms with Gasteiger partial charge in [0.15, 0.2) is 5.16 Å². The van der Waals surface area contributed by atoms with Gasteiger partial charge in [-0.05, 0) is 24.6 Å². The van der Waals surface area contributed by atoms with Crippen LogP contribution in [0.2, 0.25) is 0 Å². The third-order valence-electron chi connectivity index (χ3n) is 3.87. The van der Waals surface area contributed by atoms with Crippen molar-refractivity contribution in [2.75, 3.05) is 11.1 Å². The SMILES string of the molecule is CCn1c(Cc2ccccc2)nnc1SCC(=O)Nc1c(F)cccc1F. The third kappa shape index (κ3) is 4.71. The Balaban J connectivity index is 1.65. The molecule has 27 heavy (non-hydrogen) atoms. The van der Waals surface area contributed by atoms with Crippen LogP contribution in [0.5, 0.6) is 0 Å². The van der Waals surface area contributed by atoms with Crippen LogP contribution >= 0.6 is 11.8 Å². The summed E-state index contributed by atoms with van der Waals surface area (Å²) in [5.74, 6) is -1.37. The molecule has 0 aliphatic carbocycles. The second kappa shape index (κ2) is 8.77. The Morgan fingerprint density at radius 2 is 1.78 bits per heavy atom. The van der Waals surface area contributed by atoms with Gasteiger partial charge < -0.3 is 9.88 Å². The van der Waals surface area contributed by atoms with E-state index in [1.54, 1.807) is 0 Å². The van der Waals surface area contributed by atoms with Crippen LogP contribution in [0.15, 0.2) is 53.7 Å². The molecule has 0 unspecified atom stereocenters. The van der Waals surface area contributed by atoms with Crippen molar-refractivity contribution in [1.82, 2.24) is 14.8 Å². The van der Waals surface area contributed by atoms with Gasteiger partial charge in [-0.15, -0.1) is 10.2 Å². The molecule has 2 aromatic carbocycles. The topological polar surface area (TPSA) is 59.8 Å². The quantitative estimate of drug-likeness (QED) is 0.624. The van der Waals surface area contributed by atoms with Crippen LogP contribution in [0.3, 0.4) is 0 Å². The van der Waals surface area contributed by atoms with E-state index in [0.717, 1.165) is 23.5 Å². The fraction of sp³-hybridized carbons (Fsp3) is 0.211. The summed E-state index contributed by atoms with van der Waals surface area (Å²) < 4.78 is 29.2. The molecule has 1 aromatic heterocycles. The fourth-order valence-electron chi connectivity index (χ4n) is 2.58. The van der Waals surface area contributed by atoms with E-state index in [-0.39, 0.29) is 5.75 Å². The Hall–Kier alpha value is -2.74. The van der Waals surface area contributed by atoms with Gasteiger partial charge in [-0.3, -0.25) is 4.79 Å². The number of hydrogen-bond donors (Lipinski definition) is 1. The first-order chi connectivity index (χ1) is 13.1. The second-order valence-electron chi connectivity index (χ2n) is 5.74. The lowest BCUT2D eigenvalue weighted by atomic mass is 10.1. The molecule has 0 aliphatic rings. The van der Waals surface area contributed by atoms with Gasteiger partial charge in [-0.1, -0.05) is 48.2 Å². The molecule has 3 aromatic rings. The summed E-state index contributed by atoms with van der Waals surface area (Å²) in [6.07, 6.45) is 0.634. The molecule has 1 heterocycles. The number of amides is 1. The summed E-state index contributed by atoms with van der Waals surface area (Å²) in [5.41, 5.74) is 0.675. The predicted molar refractivity (Wildman–Crippen MR) is 101 cm³/mol. The molecule has 0 radical (unpaired) electrons. The number of hydrogen-bond acceptors (Lipinski definition) is 4. The number of anilines is 1. The molecule has 0 atom stereocenters. The molecule has 3 rings (SSSR count). The number of nitrogens with one attached hydrogen (secondary N) is 1. The minimum Gasteiger partial charge on any atom is -0.320 e. The van der Waals surface area contributed by atoms with Crippen molar-refractivity contribution in [3.05, 3.63) is 71.6 Å². The summed E-state index contributed by atoms with van der Waals surface area (Å²) in [6, 6.07) is 13.3. The van der Waals surface area contributed by atoms with Crippen molar-refractivity contribution >= 4 is 23.4 Å². The number of halogens is 2. The number of nitrogens with zero attached hydrogens (tertiary/aromatic N) is 3. The van der Waals surface area contributed by atoms with E-state index in [2.05, 4.69) is 15.5 Å². The summed E-state index contributed by atoms with van der Waals surface area (Å²) >= 11 is 1.17. The highest BCUT2D eigenvalue weighted by Crippen LogP contribution is 2.21. The number of aromatic nitrogens is 3. The Labute approximate surface area is 159 Å². The lowest BCUT2D eigenvalue weighted by molar-refractivity contribution is -0.113. The smallest absolute Gasteiger partial charge is 0.235 e. The number of para-hydroxylation sites is 1.